The van der Waals surface area contributed by atoms with Gasteiger partial charge in [0.25, 0.3) is 0 Å². The van der Waals surface area contributed by atoms with Gasteiger partial charge >= 0.3 is 0 Å². The van der Waals surface area contributed by atoms with Gasteiger partial charge in [-0.15, -0.1) is 0 Å². The zero-order chi connectivity index (χ0) is 13.1. The Kier molecular flexibility index (Phi) is 5.30. The van der Waals surface area contributed by atoms with Gasteiger partial charge in [0, 0.05) is 42.9 Å². The van der Waals surface area contributed by atoms with E-state index in [2.05, 4.69) is 16.1 Å². The minimum absolute atomic E-state index is 0.403. The summed E-state index contributed by atoms with van der Waals surface area (Å²) in [6.07, 6.45) is 0. The Morgan fingerprint density at radius 3 is 2.35 bits per heavy atom. The van der Waals surface area contributed by atoms with Crippen molar-refractivity contribution in [2.75, 3.05) is 39.4 Å². The van der Waals surface area contributed by atoms with Crippen molar-refractivity contribution in [1.82, 2.24) is 9.21 Å². The Hall–Kier alpha value is 0.210. The SMILES string of the molecule is CC(C)(C)N(CCN1CCOCC1)S(=O)(O)=S. The number of nitrogens with zero attached hydrogens (tertiary/aromatic N) is 2. The molecule has 0 radical (unpaired) electrons. The van der Waals surface area contributed by atoms with Gasteiger partial charge in [-0.3, -0.25) is 9.45 Å². The zero-order valence-corrected chi connectivity index (χ0v) is 12.4. The van der Waals surface area contributed by atoms with Crippen molar-refractivity contribution < 1.29 is 13.5 Å². The second kappa shape index (κ2) is 5.90. The normalized spacial score (nSPS) is 22.6. The van der Waals surface area contributed by atoms with Crippen molar-refractivity contribution in [1.29, 1.82) is 0 Å². The van der Waals surface area contributed by atoms with Gasteiger partial charge in [0.05, 0.1) is 13.2 Å². The highest BCUT2D eigenvalue weighted by Gasteiger charge is 2.29. The van der Waals surface area contributed by atoms with E-state index in [9.17, 15) is 8.76 Å². The van der Waals surface area contributed by atoms with E-state index in [0.717, 1.165) is 32.8 Å². The predicted octanol–water partition coefficient (Wildman–Crippen LogP) is 0.553. The van der Waals surface area contributed by atoms with Crippen molar-refractivity contribution in [3.63, 3.8) is 0 Å². The van der Waals surface area contributed by atoms with E-state index in [4.69, 9.17) is 4.74 Å². The number of ether oxygens (including phenoxy) is 1. The van der Waals surface area contributed by atoms with Crippen LogP contribution in [0.25, 0.3) is 0 Å². The van der Waals surface area contributed by atoms with E-state index in [1.807, 2.05) is 20.8 Å². The molecule has 1 N–H and O–H groups in total. The average molecular weight is 282 g/mol. The maximum Gasteiger partial charge on any atom is 0.210 e. The molecule has 1 fully saturated rings. The molecule has 0 saturated carbocycles. The van der Waals surface area contributed by atoms with Crippen LogP contribution in [-0.4, -0.2) is 62.9 Å². The third-order valence-electron chi connectivity index (χ3n) is 2.75. The van der Waals surface area contributed by atoms with Crippen molar-refractivity contribution in [3.05, 3.63) is 0 Å². The first-order valence-electron chi connectivity index (χ1n) is 5.76. The van der Waals surface area contributed by atoms with Gasteiger partial charge in [-0.2, -0.15) is 4.31 Å². The molecule has 7 heteroatoms. The molecule has 0 aromatic rings. The summed E-state index contributed by atoms with van der Waals surface area (Å²) < 4.78 is 28.0. The molecule has 1 aliphatic rings. The Balaban J connectivity index is 2.56. The lowest BCUT2D eigenvalue weighted by molar-refractivity contribution is 0.0339. The van der Waals surface area contributed by atoms with Crippen LogP contribution in [0.2, 0.25) is 0 Å². The van der Waals surface area contributed by atoms with Gasteiger partial charge in [0.15, 0.2) is 0 Å². The fourth-order valence-corrected chi connectivity index (χ4v) is 3.75. The molecule has 1 heterocycles. The molecule has 1 atom stereocenters. The highest BCUT2D eigenvalue weighted by Crippen LogP contribution is 2.17. The highest BCUT2D eigenvalue weighted by molar-refractivity contribution is 8.28. The quantitative estimate of drug-likeness (QED) is 0.816. The maximum absolute atomic E-state index is 11.7. The summed E-state index contributed by atoms with van der Waals surface area (Å²) in [4.78, 5) is 2.22. The number of hydrogen-bond donors (Lipinski definition) is 1. The largest absolute Gasteiger partial charge is 0.379 e. The standard InChI is InChI=1S/C10H22N2O3S2/c1-10(2,3)12(17(13,14)16)5-4-11-6-8-15-9-7-11/h4-9H2,1-3H3,(H,13,14,16). The van der Waals surface area contributed by atoms with Gasteiger partial charge in [-0.05, 0) is 20.8 Å². The van der Waals surface area contributed by atoms with Crippen molar-refractivity contribution in [3.8, 4) is 0 Å². The summed E-state index contributed by atoms with van der Waals surface area (Å²) in [6, 6.07) is 0. The lowest BCUT2D eigenvalue weighted by Crippen LogP contribution is -2.49. The van der Waals surface area contributed by atoms with E-state index in [-0.39, 0.29) is 0 Å². The van der Waals surface area contributed by atoms with Crippen LogP contribution >= 0.6 is 0 Å². The molecule has 0 spiro atoms. The molecule has 0 aliphatic carbocycles. The Labute approximate surface area is 109 Å². The molecule has 0 aromatic heterocycles. The first-order chi connectivity index (χ1) is 7.71. The van der Waals surface area contributed by atoms with E-state index in [1.54, 1.807) is 0 Å². The number of rotatable bonds is 4. The van der Waals surface area contributed by atoms with E-state index in [0.29, 0.717) is 6.54 Å². The molecule has 1 aliphatic heterocycles. The molecule has 0 amide bonds. The van der Waals surface area contributed by atoms with Crippen LogP contribution in [0.5, 0.6) is 0 Å². The minimum atomic E-state index is -3.31. The Morgan fingerprint density at radius 2 is 1.94 bits per heavy atom. The lowest BCUT2D eigenvalue weighted by Gasteiger charge is -2.36. The molecule has 0 aromatic carbocycles. The van der Waals surface area contributed by atoms with Crippen LogP contribution in [-0.2, 0) is 24.9 Å². The Bertz CT molecular complexity index is 332. The van der Waals surface area contributed by atoms with E-state index in [1.165, 1.54) is 4.31 Å². The van der Waals surface area contributed by atoms with Crippen molar-refractivity contribution in [2.45, 2.75) is 26.3 Å². The lowest BCUT2D eigenvalue weighted by atomic mass is 10.1. The fraction of sp³-hybridized carbons (Fsp3) is 1.00. The summed E-state index contributed by atoms with van der Waals surface area (Å²) in [5.74, 6) is 0. The molecule has 1 rings (SSSR count). The summed E-state index contributed by atoms with van der Waals surface area (Å²) >= 11 is 4.69. The second-order valence-electron chi connectivity index (χ2n) is 5.17. The highest BCUT2D eigenvalue weighted by atomic mass is 32.8. The van der Waals surface area contributed by atoms with Crippen LogP contribution in [0.1, 0.15) is 20.8 Å². The monoisotopic (exact) mass is 282 g/mol. The molecular weight excluding hydrogens is 260 g/mol. The minimum Gasteiger partial charge on any atom is -0.379 e. The zero-order valence-electron chi connectivity index (χ0n) is 10.7. The molecule has 102 valence electrons. The number of morpholine rings is 1. The third-order valence-corrected chi connectivity index (χ3v) is 4.58. The molecule has 17 heavy (non-hydrogen) atoms. The predicted molar refractivity (Wildman–Crippen MR) is 71.9 cm³/mol. The summed E-state index contributed by atoms with van der Waals surface area (Å²) in [5, 5.41) is 0. The average Bonchev–Trinajstić information content (AvgIpc) is 2.15. The maximum atomic E-state index is 11.7. The van der Waals surface area contributed by atoms with Gasteiger partial charge in [0.2, 0.25) is 8.96 Å². The van der Waals surface area contributed by atoms with Crippen LogP contribution in [0.15, 0.2) is 0 Å². The summed E-state index contributed by atoms with van der Waals surface area (Å²) in [6.45, 7) is 10.2. The second-order valence-corrected chi connectivity index (χ2v) is 7.81. The molecule has 5 nitrogen and oxygen atoms in total. The third kappa shape index (κ3) is 5.15. The van der Waals surface area contributed by atoms with Crippen LogP contribution in [0.3, 0.4) is 0 Å². The fourth-order valence-electron chi connectivity index (χ4n) is 1.85. The molecule has 1 saturated heterocycles. The first-order valence-corrected chi connectivity index (χ1v) is 8.16. The van der Waals surface area contributed by atoms with Crippen molar-refractivity contribution in [2.24, 2.45) is 0 Å². The van der Waals surface area contributed by atoms with Gasteiger partial charge in [-0.25, -0.2) is 4.21 Å². The van der Waals surface area contributed by atoms with Crippen molar-refractivity contribution >= 4 is 20.1 Å². The topological polar surface area (TPSA) is 53.0 Å². The number of hydrogen-bond acceptors (Lipinski definition) is 4. The molecule has 1 unspecified atom stereocenters. The van der Waals surface area contributed by atoms with Crippen LogP contribution in [0, 0.1) is 0 Å². The summed E-state index contributed by atoms with van der Waals surface area (Å²) in [5.41, 5.74) is -0.403. The molecular formula is C10H22N2O3S2. The van der Waals surface area contributed by atoms with E-state index >= 15 is 0 Å². The summed E-state index contributed by atoms with van der Waals surface area (Å²) in [7, 11) is -3.31. The van der Waals surface area contributed by atoms with Crippen LogP contribution in [0.4, 0.5) is 0 Å². The Morgan fingerprint density at radius 1 is 1.41 bits per heavy atom. The van der Waals surface area contributed by atoms with Crippen LogP contribution < -0.4 is 0 Å². The first kappa shape index (κ1) is 15.3. The molecule has 0 bridgehead atoms. The van der Waals surface area contributed by atoms with Gasteiger partial charge < -0.3 is 4.74 Å². The smallest absolute Gasteiger partial charge is 0.210 e. The van der Waals surface area contributed by atoms with Gasteiger partial charge in [0.1, 0.15) is 0 Å². The van der Waals surface area contributed by atoms with E-state index < -0.39 is 14.5 Å². The van der Waals surface area contributed by atoms with Gasteiger partial charge in [-0.1, -0.05) is 0 Å².